The molecule has 0 radical (unpaired) electrons. The minimum Gasteiger partial charge on any atom is -0.480 e. The van der Waals surface area contributed by atoms with Crippen LogP contribution in [-0.4, -0.2) is 35.5 Å². The molecule has 0 aliphatic carbocycles. The summed E-state index contributed by atoms with van der Waals surface area (Å²) >= 11 is 1.18. The summed E-state index contributed by atoms with van der Waals surface area (Å²) in [4.78, 5) is 33.7. The molecule has 1 heterocycles. The Labute approximate surface area is 120 Å². The van der Waals surface area contributed by atoms with Crippen molar-refractivity contribution in [2.45, 2.75) is 25.8 Å². The van der Waals surface area contributed by atoms with Crippen LogP contribution in [0, 0.1) is 0 Å². The van der Waals surface area contributed by atoms with Crippen LogP contribution in [0.25, 0.3) is 0 Å². The molecule has 1 aromatic rings. The molecule has 1 aromatic heterocycles. The lowest BCUT2D eigenvalue weighted by Crippen LogP contribution is -2.41. The summed E-state index contributed by atoms with van der Waals surface area (Å²) < 4.78 is 0. The van der Waals surface area contributed by atoms with Gasteiger partial charge in [0.2, 0.25) is 5.91 Å². The molecule has 0 aliphatic heterocycles. The molecule has 0 bridgehead atoms. The van der Waals surface area contributed by atoms with Gasteiger partial charge in [0.25, 0.3) is 5.91 Å². The smallest absolute Gasteiger partial charge is 0.320 e. The first-order valence-electron chi connectivity index (χ1n) is 6.09. The number of nitrogens with two attached hydrogens (primary N) is 1. The molecule has 1 unspecified atom stereocenters. The zero-order valence-electron chi connectivity index (χ0n) is 11.0. The van der Waals surface area contributed by atoms with E-state index in [0.29, 0.717) is 17.8 Å². The van der Waals surface area contributed by atoms with Gasteiger partial charge in [0, 0.05) is 0 Å². The maximum absolute atomic E-state index is 11.7. The van der Waals surface area contributed by atoms with Crippen LogP contribution in [0.5, 0.6) is 0 Å². The number of hydrogen-bond donors (Lipinski definition) is 4. The third-order valence-electron chi connectivity index (χ3n) is 2.57. The van der Waals surface area contributed by atoms with Gasteiger partial charge in [0.05, 0.1) is 12.1 Å². The van der Waals surface area contributed by atoms with Gasteiger partial charge in [-0.25, -0.2) is 0 Å². The highest BCUT2D eigenvalue weighted by molar-refractivity contribution is 7.14. The van der Waals surface area contributed by atoms with E-state index in [4.69, 9.17) is 10.8 Å². The van der Waals surface area contributed by atoms with Gasteiger partial charge in [0.15, 0.2) is 0 Å². The van der Waals surface area contributed by atoms with E-state index in [1.165, 1.54) is 17.4 Å². The van der Waals surface area contributed by atoms with Crippen molar-refractivity contribution in [2.75, 3.05) is 11.9 Å². The molecule has 0 saturated heterocycles. The number of carboxylic acid groups (broad SMARTS) is 1. The first kappa shape index (κ1) is 16.1. The molecule has 0 saturated carbocycles. The predicted octanol–water partition coefficient (Wildman–Crippen LogP) is 0.628. The van der Waals surface area contributed by atoms with Crippen molar-refractivity contribution in [3.8, 4) is 0 Å². The van der Waals surface area contributed by atoms with Crippen molar-refractivity contribution < 1.29 is 19.5 Å². The van der Waals surface area contributed by atoms with Gasteiger partial charge in [0.1, 0.15) is 11.0 Å². The summed E-state index contributed by atoms with van der Waals surface area (Å²) in [5, 5.41) is 16.1. The summed E-state index contributed by atoms with van der Waals surface area (Å²) in [6, 6.07) is 0.761. The van der Waals surface area contributed by atoms with Crippen molar-refractivity contribution in [1.29, 1.82) is 0 Å². The highest BCUT2D eigenvalue weighted by atomic mass is 32.1. The van der Waals surface area contributed by atoms with Crippen molar-refractivity contribution in [2.24, 2.45) is 5.73 Å². The Balaban J connectivity index is 2.53. The van der Waals surface area contributed by atoms with Crippen LogP contribution in [0.1, 0.15) is 30.1 Å². The van der Waals surface area contributed by atoms with E-state index in [1.54, 1.807) is 5.38 Å². The summed E-state index contributed by atoms with van der Waals surface area (Å²) in [5.41, 5.74) is 5.40. The summed E-state index contributed by atoms with van der Waals surface area (Å²) in [6.07, 6.45) is 1.14. The second-order valence-corrected chi connectivity index (χ2v) is 5.05. The zero-order chi connectivity index (χ0) is 15.1. The second kappa shape index (κ2) is 7.61. The molecule has 1 atom stereocenters. The van der Waals surface area contributed by atoms with Gasteiger partial charge in [-0.05, 0) is 17.9 Å². The van der Waals surface area contributed by atoms with E-state index in [0.717, 1.165) is 0 Å². The topological polar surface area (TPSA) is 122 Å². The van der Waals surface area contributed by atoms with Gasteiger partial charge in [-0.3, -0.25) is 19.7 Å². The quantitative estimate of drug-likeness (QED) is 0.561. The number of aliphatic carboxylic acids is 1. The van der Waals surface area contributed by atoms with Crippen molar-refractivity contribution >= 4 is 34.1 Å². The van der Waals surface area contributed by atoms with Crippen LogP contribution in [-0.2, 0) is 9.59 Å². The van der Waals surface area contributed by atoms with Gasteiger partial charge in [-0.1, -0.05) is 13.3 Å². The molecule has 8 heteroatoms. The van der Waals surface area contributed by atoms with Gasteiger partial charge < -0.3 is 16.2 Å². The molecule has 110 valence electrons. The lowest BCUT2D eigenvalue weighted by atomic mass is 10.2. The molecular weight excluding hydrogens is 282 g/mol. The molecule has 2 amide bonds. The molecule has 0 spiro atoms. The largest absolute Gasteiger partial charge is 0.480 e. The molecule has 20 heavy (non-hydrogen) atoms. The maximum atomic E-state index is 11.7. The number of amides is 2. The highest BCUT2D eigenvalue weighted by Gasteiger charge is 2.18. The Morgan fingerprint density at radius 2 is 2.15 bits per heavy atom. The molecule has 7 nitrogen and oxygen atoms in total. The fraction of sp³-hybridized carbons (Fsp3) is 0.417. The van der Waals surface area contributed by atoms with E-state index in [1.807, 2.05) is 6.92 Å². The van der Waals surface area contributed by atoms with Crippen LogP contribution in [0.15, 0.2) is 11.4 Å². The Morgan fingerprint density at radius 3 is 2.70 bits per heavy atom. The Morgan fingerprint density at radius 1 is 1.45 bits per heavy atom. The third-order valence-corrected chi connectivity index (χ3v) is 3.40. The number of carbonyl (C=O) groups is 3. The number of primary amides is 1. The average Bonchev–Trinajstić information content (AvgIpc) is 2.82. The lowest BCUT2D eigenvalue weighted by molar-refractivity contribution is -0.139. The zero-order valence-corrected chi connectivity index (χ0v) is 11.8. The minimum absolute atomic E-state index is 0.146. The first-order chi connectivity index (χ1) is 9.45. The van der Waals surface area contributed by atoms with E-state index in [9.17, 15) is 14.4 Å². The second-order valence-electron chi connectivity index (χ2n) is 4.14. The van der Waals surface area contributed by atoms with Gasteiger partial charge >= 0.3 is 5.97 Å². The van der Waals surface area contributed by atoms with Gasteiger partial charge in [-0.2, -0.15) is 0 Å². The first-order valence-corrected chi connectivity index (χ1v) is 6.97. The van der Waals surface area contributed by atoms with E-state index in [2.05, 4.69) is 10.6 Å². The Kier molecular flexibility index (Phi) is 6.13. The fourth-order valence-electron chi connectivity index (χ4n) is 1.59. The van der Waals surface area contributed by atoms with E-state index in [-0.39, 0.29) is 12.1 Å². The normalized spacial score (nSPS) is 11.8. The number of rotatable bonds is 8. The maximum Gasteiger partial charge on any atom is 0.320 e. The van der Waals surface area contributed by atoms with Crippen molar-refractivity contribution in [3.05, 3.63) is 17.0 Å². The standard InChI is InChI=1S/C12H17N3O4S/c1-2-3-8(12(18)19)14-6-9(16)15-11-7(10(13)17)4-5-20-11/h4-5,8,14H,2-3,6H2,1H3,(H2,13,17)(H,15,16)(H,18,19). The predicted molar refractivity (Wildman–Crippen MR) is 75.8 cm³/mol. The van der Waals surface area contributed by atoms with Crippen LogP contribution in [0.2, 0.25) is 0 Å². The fourth-order valence-corrected chi connectivity index (χ4v) is 2.40. The average molecular weight is 299 g/mol. The molecule has 0 aromatic carbocycles. The molecule has 5 N–H and O–H groups in total. The van der Waals surface area contributed by atoms with Crippen LogP contribution in [0.4, 0.5) is 5.00 Å². The van der Waals surface area contributed by atoms with Gasteiger partial charge in [-0.15, -0.1) is 11.3 Å². The highest BCUT2D eigenvalue weighted by Crippen LogP contribution is 2.22. The van der Waals surface area contributed by atoms with Crippen LogP contribution >= 0.6 is 11.3 Å². The molecule has 0 fully saturated rings. The summed E-state index contributed by atoms with van der Waals surface area (Å²) in [6.45, 7) is 1.72. The van der Waals surface area contributed by atoms with Crippen LogP contribution in [0.3, 0.4) is 0 Å². The van der Waals surface area contributed by atoms with E-state index < -0.39 is 23.8 Å². The number of carboxylic acids is 1. The van der Waals surface area contributed by atoms with Crippen molar-refractivity contribution in [3.63, 3.8) is 0 Å². The number of carbonyl (C=O) groups excluding carboxylic acids is 2. The Bertz CT molecular complexity index is 501. The van der Waals surface area contributed by atoms with Crippen LogP contribution < -0.4 is 16.4 Å². The summed E-state index contributed by atoms with van der Waals surface area (Å²) in [5.74, 6) is -2.03. The molecule has 0 aliphatic rings. The molecule has 1 rings (SSSR count). The SMILES string of the molecule is CCCC(NCC(=O)Nc1sccc1C(N)=O)C(=O)O. The van der Waals surface area contributed by atoms with Crippen molar-refractivity contribution in [1.82, 2.24) is 5.32 Å². The minimum atomic E-state index is -0.992. The molecular formula is C12H17N3O4S. The number of hydrogen-bond acceptors (Lipinski definition) is 5. The lowest BCUT2D eigenvalue weighted by Gasteiger charge is -2.13. The monoisotopic (exact) mass is 299 g/mol. The Hall–Kier alpha value is -1.93. The third kappa shape index (κ3) is 4.63. The number of anilines is 1. The summed E-state index contributed by atoms with van der Waals surface area (Å²) in [7, 11) is 0. The number of thiophene rings is 1. The number of nitrogens with one attached hydrogen (secondary N) is 2. The van der Waals surface area contributed by atoms with E-state index >= 15 is 0 Å².